The van der Waals surface area contributed by atoms with E-state index in [9.17, 15) is 9.59 Å². The van der Waals surface area contributed by atoms with Crippen molar-refractivity contribution in [2.24, 2.45) is 11.8 Å². The van der Waals surface area contributed by atoms with Crippen molar-refractivity contribution >= 4 is 35.1 Å². The number of amides is 1. The van der Waals surface area contributed by atoms with Crippen LogP contribution in [0.15, 0.2) is 18.2 Å². The van der Waals surface area contributed by atoms with Crippen molar-refractivity contribution in [3.8, 4) is 0 Å². The largest absolute Gasteiger partial charge is 0.481 e. The molecule has 120 valence electrons. The third kappa shape index (κ3) is 4.14. The van der Waals surface area contributed by atoms with Gasteiger partial charge in [-0.15, -0.1) is 0 Å². The lowest BCUT2D eigenvalue weighted by molar-refractivity contribution is -0.144. The summed E-state index contributed by atoms with van der Waals surface area (Å²) in [4.78, 5) is 23.4. The molecule has 1 saturated carbocycles. The van der Waals surface area contributed by atoms with Crippen molar-refractivity contribution in [3.05, 3.63) is 33.8 Å². The van der Waals surface area contributed by atoms with Crippen LogP contribution >= 0.6 is 23.2 Å². The van der Waals surface area contributed by atoms with Crippen LogP contribution in [0.25, 0.3) is 0 Å². The Labute approximate surface area is 139 Å². The van der Waals surface area contributed by atoms with E-state index in [1.165, 1.54) is 0 Å². The summed E-state index contributed by atoms with van der Waals surface area (Å²) in [6, 6.07) is 5.05. The fourth-order valence-electron chi connectivity index (χ4n) is 2.85. The molecule has 0 bridgehead atoms. The minimum Gasteiger partial charge on any atom is -0.481 e. The number of rotatable bonds is 4. The third-order valence-electron chi connectivity index (χ3n) is 4.20. The van der Waals surface area contributed by atoms with Crippen LogP contribution in [-0.2, 0) is 9.59 Å². The maximum Gasteiger partial charge on any atom is 0.306 e. The Kier molecular flexibility index (Phi) is 5.70. The smallest absolute Gasteiger partial charge is 0.306 e. The molecule has 6 heteroatoms. The SMILES string of the molecule is CC(NC(=O)C1CCCC(C(=O)O)C1)c1ccc(Cl)c(Cl)c1. The summed E-state index contributed by atoms with van der Waals surface area (Å²) in [6.07, 6.45) is 2.58. The Morgan fingerprint density at radius 2 is 1.91 bits per heavy atom. The number of carboxylic acids is 1. The second kappa shape index (κ2) is 7.34. The minimum absolute atomic E-state index is 0.0930. The minimum atomic E-state index is -0.810. The van der Waals surface area contributed by atoms with Crippen molar-refractivity contribution in [1.82, 2.24) is 5.32 Å². The van der Waals surface area contributed by atoms with Gasteiger partial charge in [-0.25, -0.2) is 0 Å². The molecule has 4 nitrogen and oxygen atoms in total. The highest BCUT2D eigenvalue weighted by molar-refractivity contribution is 6.42. The van der Waals surface area contributed by atoms with Crippen molar-refractivity contribution in [2.45, 2.75) is 38.6 Å². The Hall–Kier alpha value is -1.26. The molecule has 1 amide bonds. The normalized spacial score (nSPS) is 22.9. The molecule has 0 radical (unpaired) electrons. The van der Waals surface area contributed by atoms with E-state index >= 15 is 0 Å². The average Bonchev–Trinajstić information content (AvgIpc) is 2.50. The Morgan fingerprint density at radius 3 is 2.55 bits per heavy atom. The fraction of sp³-hybridized carbons (Fsp3) is 0.500. The molecule has 1 aromatic rings. The fourth-order valence-corrected chi connectivity index (χ4v) is 3.16. The van der Waals surface area contributed by atoms with Crippen LogP contribution in [0.2, 0.25) is 10.0 Å². The number of carbonyl (C=O) groups is 2. The number of carboxylic acid groups (broad SMARTS) is 1. The second-order valence-electron chi connectivity index (χ2n) is 5.80. The molecular formula is C16H19Cl2NO3. The number of nitrogens with one attached hydrogen (secondary N) is 1. The number of halogens is 2. The van der Waals surface area contributed by atoms with E-state index in [2.05, 4.69) is 5.32 Å². The molecule has 1 aliphatic carbocycles. The Balaban J connectivity index is 1.98. The second-order valence-corrected chi connectivity index (χ2v) is 6.62. The average molecular weight is 344 g/mol. The van der Waals surface area contributed by atoms with Crippen molar-refractivity contribution in [2.75, 3.05) is 0 Å². The van der Waals surface area contributed by atoms with Gasteiger partial charge >= 0.3 is 5.97 Å². The summed E-state index contributed by atoms with van der Waals surface area (Å²) >= 11 is 11.9. The molecule has 1 aliphatic rings. The summed E-state index contributed by atoms with van der Waals surface area (Å²) in [5.41, 5.74) is 0.869. The van der Waals surface area contributed by atoms with E-state index in [0.29, 0.717) is 22.9 Å². The van der Waals surface area contributed by atoms with Crippen LogP contribution in [0, 0.1) is 11.8 Å². The molecule has 0 saturated heterocycles. The quantitative estimate of drug-likeness (QED) is 0.866. The van der Waals surface area contributed by atoms with Crippen molar-refractivity contribution < 1.29 is 14.7 Å². The van der Waals surface area contributed by atoms with Gasteiger partial charge in [0.15, 0.2) is 0 Å². The van der Waals surface area contributed by atoms with Crippen LogP contribution in [0.4, 0.5) is 0 Å². The molecule has 0 aromatic heterocycles. The number of hydrogen-bond acceptors (Lipinski definition) is 2. The first-order valence-corrected chi connectivity index (χ1v) is 8.12. The zero-order valence-electron chi connectivity index (χ0n) is 12.3. The van der Waals surface area contributed by atoms with Crippen molar-refractivity contribution in [3.63, 3.8) is 0 Å². The molecule has 0 aliphatic heterocycles. The van der Waals surface area contributed by atoms with E-state index in [1.807, 2.05) is 13.0 Å². The molecule has 2 N–H and O–H groups in total. The zero-order valence-corrected chi connectivity index (χ0v) is 13.8. The van der Waals surface area contributed by atoms with Crippen LogP contribution in [-0.4, -0.2) is 17.0 Å². The number of carbonyl (C=O) groups excluding carboxylic acids is 1. The molecule has 3 unspecified atom stereocenters. The molecule has 0 heterocycles. The Morgan fingerprint density at radius 1 is 1.23 bits per heavy atom. The topological polar surface area (TPSA) is 66.4 Å². The van der Waals surface area contributed by atoms with E-state index in [1.54, 1.807) is 12.1 Å². The zero-order chi connectivity index (χ0) is 16.3. The molecule has 3 atom stereocenters. The van der Waals surface area contributed by atoms with Gasteiger partial charge in [0, 0.05) is 5.92 Å². The van der Waals surface area contributed by atoms with Crippen molar-refractivity contribution in [1.29, 1.82) is 0 Å². The summed E-state index contributed by atoms with van der Waals surface area (Å²) in [6.45, 7) is 1.87. The van der Waals surface area contributed by atoms with Gasteiger partial charge < -0.3 is 10.4 Å². The van der Waals surface area contributed by atoms with Gasteiger partial charge in [0.25, 0.3) is 0 Å². The standard InChI is InChI=1S/C16H19Cl2NO3/c1-9(10-5-6-13(17)14(18)8-10)19-15(20)11-3-2-4-12(7-11)16(21)22/h5-6,8-9,11-12H,2-4,7H2,1H3,(H,19,20)(H,21,22). The van der Waals surface area contributed by atoms with E-state index in [4.69, 9.17) is 28.3 Å². The highest BCUT2D eigenvalue weighted by Crippen LogP contribution is 2.30. The van der Waals surface area contributed by atoms with Gasteiger partial charge in [0.1, 0.15) is 0 Å². The predicted octanol–water partition coefficient (Wildman–Crippen LogP) is 4.06. The van der Waals surface area contributed by atoms with Crippen LogP contribution in [0.3, 0.4) is 0 Å². The van der Waals surface area contributed by atoms with Crippen LogP contribution in [0.5, 0.6) is 0 Å². The van der Waals surface area contributed by atoms with Gasteiger partial charge in [-0.2, -0.15) is 0 Å². The molecule has 1 aromatic carbocycles. The predicted molar refractivity (Wildman–Crippen MR) is 86.1 cm³/mol. The first kappa shape index (κ1) is 17.1. The number of aliphatic carboxylic acids is 1. The van der Waals surface area contributed by atoms with Gasteiger partial charge in [0.2, 0.25) is 5.91 Å². The van der Waals surface area contributed by atoms with Crippen LogP contribution < -0.4 is 5.32 Å². The third-order valence-corrected chi connectivity index (χ3v) is 4.94. The first-order chi connectivity index (χ1) is 10.4. The first-order valence-electron chi connectivity index (χ1n) is 7.36. The molecule has 1 fully saturated rings. The molecule has 0 spiro atoms. The van der Waals surface area contributed by atoms with Gasteiger partial charge in [0.05, 0.1) is 22.0 Å². The summed E-state index contributed by atoms with van der Waals surface area (Å²) in [5.74, 6) is -1.55. The summed E-state index contributed by atoms with van der Waals surface area (Å²) in [7, 11) is 0. The summed E-state index contributed by atoms with van der Waals surface area (Å²) in [5, 5.41) is 13.0. The molecule has 22 heavy (non-hydrogen) atoms. The van der Waals surface area contributed by atoms with E-state index in [-0.39, 0.29) is 17.9 Å². The molecule has 2 rings (SSSR count). The van der Waals surface area contributed by atoms with Crippen LogP contribution in [0.1, 0.15) is 44.2 Å². The Bertz CT molecular complexity index is 577. The highest BCUT2D eigenvalue weighted by atomic mass is 35.5. The van der Waals surface area contributed by atoms with Gasteiger partial charge in [-0.1, -0.05) is 35.7 Å². The maximum atomic E-state index is 12.3. The number of benzene rings is 1. The monoisotopic (exact) mass is 343 g/mol. The van der Waals surface area contributed by atoms with E-state index < -0.39 is 11.9 Å². The van der Waals surface area contributed by atoms with Gasteiger partial charge in [-0.3, -0.25) is 9.59 Å². The van der Waals surface area contributed by atoms with Gasteiger partial charge in [-0.05, 0) is 43.9 Å². The highest BCUT2D eigenvalue weighted by Gasteiger charge is 2.31. The number of hydrogen-bond donors (Lipinski definition) is 2. The lowest BCUT2D eigenvalue weighted by atomic mass is 9.81. The summed E-state index contributed by atoms with van der Waals surface area (Å²) < 4.78 is 0. The molecular weight excluding hydrogens is 325 g/mol. The maximum absolute atomic E-state index is 12.3. The van der Waals surface area contributed by atoms with E-state index in [0.717, 1.165) is 18.4 Å². The lowest BCUT2D eigenvalue weighted by Crippen LogP contribution is -2.36. The lowest BCUT2D eigenvalue weighted by Gasteiger charge is -2.27.